The largest absolute Gasteiger partial charge is 0.352 e. The molecule has 2 heterocycles. The minimum absolute atomic E-state index is 0.0814. The van der Waals surface area contributed by atoms with E-state index in [-0.39, 0.29) is 5.91 Å². The van der Waals surface area contributed by atoms with Crippen molar-refractivity contribution in [2.75, 3.05) is 38.2 Å². The van der Waals surface area contributed by atoms with Crippen LogP contribution in [0.4, 0.5) is 4.79 Å². The molecule has 3 rings (SSSR count). The highest BCUT2D eigenvalue weighted by Crippen LogP contribution is 2.20. The van der Waals surface area contributed by atoms with Gasteiger partial charge in [0.2, 0.25) is 17.6 Å². The topological polar surface area (TPSA) is 118 Å². The standard InChI is InChI=1S/C20H28N6O3S/c1-14-5-3-4-6-15(14)18-23-17(29-24-18)13-25-8-10-26(11-9-25)19(27)16(7-12-30-2)22-20(21)28/h3-6,16H,7-13H2,1-2H3,(H3,21,22,28). The van der Waals surface area contributed by atoms with E-state index in [0.29, 0.717) is 50.9 Å². The Hall–Kier alpha value is -2.59. The maximum Gasteiger partial charge on any atom is 0.312 e. The molecule has 1 unspecified atom stereocenters. The highest BCUT2D eigenvalue weighted by molar-refractivity contribution is 7.98. The Kier molecular flexibility index (Phi) is 7.69. The molecule has 10 heteroatoms. The number of aromatic nitrogens is 2. The van der Waals surface area contributed by atoms with Gasteiger partial charge in [0.25, 0.3) is 0 Å². The number of hydrogen-bond acceptors (Lipinski definition) is 7. The molecule has 1 saturated heterocycles. The van der Waals surface area contributed by atoms with Crippen LogP contribution in [0.25, 0.3) is 11.4 Å². The Bertz CT molecular complexity index is 866. The summed E-state index contributed by atoms with van der Waals surface area (Å²) in [5.41, 5.74) is 7.29. The van der Waals surface area contributed by atoms with E-state index in [1.807, 2.05) is 37.4 Å². The number of thioether (sulfide) groups is 1. The van der Waals surface area contributed by atoms with Crippen molar-refractivity contribution in [3.05, 3.63) is 35.7 Å². The van der Waals surface area contributed by atoms with Crippen molar-refractivity contribution >= 4 is 23.7 Å². The molecular weight excluding hydrogens is 404 g/mol. The van der Waals surface area contributed by atoms with Crippen molar-refractivity contribution in [1.82, 2.24) is 25.3 Å². The van der Waals surface area contributed by atoms with E-state index in [0.717, 1.165) is 16.9 Å². The number of aryl methyl sites for hydroxylation is 1. The van der Waals surface area contributed by atoms with Crippen LogP contribution in [-0.4, -0.2) is 76.1 Å². The van der Waals surface area contributed by atoms with E-state index < -0.39 is 12.1 Å². The molecule has 1 aromatic carbocycles. The second-order valence-electron chi connectivity index (χ2n) is 7.27. The zero-order valence-corrected chi connectivity index (χ0v) is 18.2. The number of primary amides is 1. The summed E-state index contributed by atoms with van der Waals surface area (Å²) in [6, 6.07) is 6.67. The number of carbonyl (C=O) groups excluding carboxylic acids is 2. The quantitative estimate of drug-likeness (QED) is 0.649. The molecule has 3 amide bonds. The summed E-state index contributed by atoms with van der Waals surface area (Å²) in [6.45, 7) is 5.10. The summed E-state index contributed by atoms with van der Waals surface area (Å²) in [4.78, 5) is 32.5. The zero-order valence-electron chi connectivity index (χ0n) is 17.3. The lowest BCUT2D eigenvalue weighted by molar-refractivity contribution is -0.135. The first-order valence-electron chi connectivity index (χ1n) is 9.92. The highest BCUT2D eigenvalue weighted by atomic mass is 32.2. The molecule has 0 bridgehead atoms. The molecule has 0 aliphatic carbocycles. The molecule has 30 heavy (non-hydrogen) atoms. The Labute approximate surface area is 180 Å². The van der Waals surface area contributed by atoms with Gasteiger partial charge >= 0.3 is 6.03 Å². The van der Waals surface area contributed by atoms with Gasteiger partial charge in [0.1, 0.15) is 6.04 Å². The Morgan fingerprint density at radius 1 is 1.27 bits per heavy atom. The van der Waals surface area contributed by atoms with E-state index in [4.69, 9.17) is 10.3 Å². The average molecular weight is 433 g/mol. The van der Waals surface area contributed by atoms with Gasteiger partial charge in [0, 0.05) is 31.7 Å². The van der Waals surface area contributed by atoms with Gasteiger partial charge in [-0.15, -0.1) is 0 Å². The monoisotopic (exact) mass is 432 g/mol. The van der Waals surface area contributed by atoms with Gasteiger partial charge in [0.15, 0.2) is 0 Å². The van der Waals surface area contributed by atoms with E-state index in [1.165, 1.54) is 0 Å². The fourth-order valence-electron chi connectivity index (χ4n) is 3.46. The molecule has 3 N–H and O–H groups in total. The van der Waals surface area contributed by atoms with Crippen LogP contribution in [0.15, 0.2) is 28.8 Å². The maximum atomic E-state index is 12.8. The third-order valence-electron chi connectivity index (χ3n) is 5.12. The van der Waals surface area contributed by atoms with E-state index >= 15 is 0 Å². The average Bonchev–Trinajstić information content (AvgIpc) is 3.19. The maximum absolute atomic E-state index is 12.8. The van der Waals surface area contributed by atoms with Crippen LogP contribution in [0.2, 0.25) is 0 Å². The van der Waals surface area contributed by atoms with E-state index in [9.17, 15) is 9.59 Å². The first kappa shape index (κ1) is 22.1. The third kappa shape index (κ3) is 5.73. The summed E-state index contributed by atoms with van der Waals surface area (Å²) < 4.78 is 5.43. The number of hydrogen-bond donors (Lipinski definition) is 2. The van der Waals surface area contributed by atoms with E-state index in [2.05, 4.69) is 20.4 Å². The molecule has 2 aromatic rings. The molecule has 0 saturated carbocycles. The zero-order chi connectivity index (χ0) is 21.5. The van der Waals surface area contributed by atoms with Crippen LogP contribution in [0.1, 0.15) is 17.9 Å². The van der Waals surface area contributed by atoms with Gasteiger partial charge < -0.3 is 20.5 Å². The Morgan fingerprint density at radius 2 is 2.00 bits per heavy atom. The number of urea groups is 1. The van der Waals surface area contributed by atoms with E-state index in [1.54, 1.807) is 16.7 Å². The van der Waals surface area contributed by atoms with Crippen LogP contribution in [0.5, 0.6) is 0 Å². The van der Waals surface area contributed by atoms with Gasteiger partial charge in [0.05, 0.1) is 6.54 Å². The van der Waals surface area contributed by atoms with Crippen molar-refractivity contribution in [3.8, 4) is 11.4 Å². The highest BCUT2D eigenvalue weighted by Gasteiger charge is 2.28. The Morgan fingerprint density at radius 3 is 2.67 bits per heavy atom. The summed E-state index contributed by atoms with van der Waals surface area (Å²) >= 11 is 1.63. The molecule has 1 aliphatic rings. The van der Waals surface area contributed by atoms with Crippen molar-refractivity contribution < 1.29 is 14.1 Å². The number of benzene rings is 1. The summed E-state index contributed by atoms with van der Waals surface area (Å²) in [5.74, 6) is 1.84. The first-order chi connectivity index (χ1) is 14.5. The lowest BCUT2D eigenvalue weighted by atomic mass is 10.1. The minimum atomic E-state index is -0.672. The van der Waals surface area contributed by atoms with Gasteiger partial charge in [-0.3, -0.25) is 9.69 Å². The van der Waals surface area contributed by atoms with Gasteiger partial charge in [-0.1, -0.05) is 29.4 Å². The number of rotatable bonds is 8. The molecule has 1 aromatic heterocycles. The lowest BCUT2D eigenvalue weighted by Gasteiger charge is -2.35. The fourth-order valence-corrected chi connectivity index (χ4v) is 3.93. The number of nitrogens with two attached hydrogens (primary N) is 1. The Balaban J connectivity index is 1.53. The molecular formula is C20H28N6O3S. The molecule has 0 spiro atoms. The first-order valence-corrected chi connectivity index (χ1v) is 11.3. The van der Waals surface area contributed by atoms with Crippen molar-refractivity contribution in [2.45, 2.75) is 25.9 Å². The third-order valence-corrected chi connectivity index (χ3v) is 5.77. The second kappa shape index (κ2) is 10.4. The number of nitrogens with zero attached hydrogens (tertiary/aromatic N) is 4. The molecule has 1 fully saturated rings. The van der Waals surface area contributed by atoms with Gasteiger partial charge in [-0.2, -0.15) is 16.7 Å². The summed E-state index contributed by atoms with van der Waals surface area (Å²) in [6.07, 6.45) is 2.53. The summed E-state index contributed by atoms with van der Waals surface area (Å²) in [5, 5.41) is 6.68. The molecule has 0 radical (unpaired) electrons. The molecule has 1 atom stereocenters. The molecule has 162 valence electrons. The van der Waals surface area contributed by atoms with Crippen molar-refractivity contribution in [2.24, 2.45) is 5.73 Å². The summed E-state index contributed by atoms with van der Waals surface area (Å²) in [7, 11) is 0. The van der Waals surface area contributed by atoms with Crippen molar-refractivity contribution in [3.63, 3.8) is 0 Å². The van der Waals surface area contributed by atoms with Crippen LogP contribution < -0.4 is 11.1 Å². The van der Waals surface area contributed by atoms with Crippen LogP contribution >= 0.6 is 11.8 Å². The predicted octanol–water partition coefficient (Wildman–Crippen LogP) is 1.48. The van der Waals surface area contributed by atoms with Gasteiger partial charge in [-0.05, 0) is 30.9 Å². The van der Waals surface area contributed by atoms with Crippen LogP contribution in [0.3, 0.4) is 0 Å². The van der Waals surface area contributed by atoms with Crippen molar-refractivity contribution in [1.29, 1.82) is 0 Å². The molecule has 1 aliphatic heterocycles. The number of amides is 3. The normalized spacial score (nSPS) is 15.7. The van der Waals surface area contributed by atoms with Crippen LogP contribution in [0, 0.1) is 6.92 Å². The predicted molar refractivity (Wildman–Crippen MR) is 116 cm³/mol. The SMILES string of the molecule is CSCCC(NC(N)=O)C(=O)N1CCN(Cc2nc(-c3ccccc3C)no2)CC1. The molecule has 9 nitrogen and oxygen atoms in total. The van der Waals surface area contributed by atoms with Gasteiger partial charge in [-0.25, -0.2) is 4.79 Å². The van der Waals surface area contributed by atoms with Crippen LogP contribution in [-0.2, 0) is 11.3 Å². The smallest absolute Gasteiger partial charge is 0.312 e. The number of piperazine rings is 1. The minimum Gasteiger partial charge on any atom is -0.352 e. The number of carbonyl (C=O) groups is 2. The fraction of sp³-hybridized carbons (Fsp3) is 0.500. The number of nitrogens with one attached hydrogen (secondary N) is 1. The lowest BCUT2D eigenvalue weighted by Crippen LogP contribution is -2.55. The second-order valence-corrected chi connectivity index (χ2v) is 8.26.